The zero-order chi connectivity index (χ0) is 22.7. The number of anilines is 1. The molecule has 178 valence electrons. The van der Waals surface area contributed by atoms with E-state index in [-0.39, 0.29) is 0 Å². The number of aliphatic imine (C=N–C) groups is 1. The smallest absolute Gasteiger partial charge is 0.130 e. The van der Waals surface area contributed by atoms with Crippen molar-refractivity contribution in [2.45, 2.75) is 57.0 Å². The van der Waals surface area contributed by atoms with Gasteiger partial charge in [0.2, 0.25) is 0 Å². The van der Waals surface area contributed by atoms with Gasteiger partial charge >= 0.3 is 0 Å². The molecule has 2 aromatic carbocycles. The maximum atomic E-state index is 6.23. The Hall–Kier alpha value is -2.44. The highest BCUT2D eigenvalue weighted by Gasteiger charge is 2.23. The van der Waals surface area contributed by atoms with Crippen LogP contribution in [0, 0.1) is 0 Å². The van der Waals surface area contributed by atoms with Crippen molar-refractivity contribution in [3.8, 4) is 11.5 Å². The third kappa shape index (κ3) is 4.98. The topological polar surface area (TPSA) is 52.6 Å². The number of H-pyrrole nitrogens is 1. The minimum absolute atomic E-state index is 0.431. The van der Waals surface area contributed by atoms with Crippen molar-refractivity contribution in [3.05, 3.63) is 54.2 Å². The average molecular weight is 475 g/mol. The van der Waals surface area contributed by atoms with E-state index in [4.69, 9.17) is 9.73 Å². The number of nitrogens with one attached hydrogen (secondary N) is 2. The highest BCUT2D eigenvalue weighted by molar-refractivity contribution is 8.14. The third-order valence-electron chi connectivity index (χ3n) is 7.32. The summed E-state index contributed by atoms with van der Waals surface area (Å²) >= 11 is 1.90. The second-order valence-corrected chi connectivity index (χ2v) is 10.9. The Kier molecular flexibility index (Phi) is 6.51. The summed E-state index contributed by atoms with van der Waals surface area (Å²) in [5, 5.41) is 6.14. The van der Waals surface area contributed by atoms with E-state index in [0.29, 0.717) is 12.1 Å². The number of nitrogens with zero attached hydrogens (tertiary/aromatic N) is 2. The van der Waals surface area contributed by atoms with Gasteiger partial charge in [-0.25, -0.2) is 0 Å². The molecule has 2 aliphatic heterocycles. The van der Waals surface area contributed by atoms with E-state index in [2.05, 4.69) is 33.4 Å². The monoisotopic (exact) mass is 474 g/mol. The van der Waals surface area contributed by atoms with Crippen LogP contribution < -0.4 is 10.1 Å². The molecule has 1 aromatic heterocycles. The molecule has 3 heterocycles. The molecule has 1 aliphatic carbocycles. The van der Waals surface area contributed by atoms with Crippen molar-refractivity contribution in [3.63, 3.8) is 0 Å². The number of likely N-dealkylation sites (tertiary alicyclic amines) is 1. The van der Waals surface area contributed by atoms with Gasteiger partial charge in [0.15, 0.2) is 0 Å². The molecule has 0 unspecified atom stereocenters. The maximum absolute atomic E-state index is 6.23. The number of para-hydroxylation sites is 1. The summed E-state index contributed by atoms with van der Waals surface area (Å²) in [6, 6.07) is 17.6. The van der Waals surface area contributed by atoms with Crippen LogP contribution in [0.1, 0.15) is 50.6 Å². The summed E-state index contributed by atoms with van der Waals surface area (Å²) in [6.45, 7) is 3.72. The molecule has 0 amide bonds. The molecule has 5 nitrogen and oxygen atoms in total. The predicted molar refractivity (Wildman–Crippen MR) is 144 cm³/mol. The van der Waals surface area contributed by atoms with Crippen molar-refractivity contribution < 1.29 is 4.74 Å². The van der Waals surface area contributed by atoms with Gasteiger partial charge in [-0.1, -0.05) is 31.0 Å². The third-order valence-corrected chi connectivity index (χ3v) is 8.47. The highest BCUT2D eigenvalue weighted by atomic mass is 32.2. The Labute approximate surface area is 206 Å². The molecule has 1 saturated heterocycles. The first-order valence-electron chi connectivity index (χ1n) is 12.9. The van der Waals surface area contributed by atoms with E-state index in [9.17, 15) is 0 Å². The quantitative estimate of drug-likeness (QED) is 0.383. The van der Waals surface area contributed by atoms with Gasteiger partial charge in [-0.15, -0.1) is 11.8 Å². The Bertz CT molecular complexity index is 1150. The normalized spacial score (nSPS) is 21.4. The van der Waals surface area contributed by atoms with Crippen LogP contribution in [0.2, 0.25) is 0 Å². The minimum Gasteiger partial charge on any atom is -0.457 e. The Balaban J connectivity index is 1.25. The van der Waals surface area contributed by atoms with Crippen molar-refractivity contribution >= 4 is 33.4 Å². The standard InChI is InChI=1S/C28H34N4OS/c1-2-10-23(11-3-1)33-24-16-20-17-26(31-27(20)25(18-24)29-21-8-4-5-9-21)28-30-22(19-34-28)12-15-32-13-6-7-14-32/h1-3,10-11,16-18,21-22,29,31H,4-9,12-15,19H2/t22-/m0/s1. The molecule has 6 rings (SSSR count). The molecule has 3 aromatic rings. The number of aromatic amines is 1. The average Bonchev–Trinajstić information content (AvgIpc) is 3.66. The van der Waals surface area contributed by atoms with Crippen LogP contribution in [-0.2, 0) is 0 Å². The number of thioether (sulfide) groups is 1. The molecule has 1 atom stereocenters. The summed E-state index contributed by atoms with van der Waals surface area (Å²) in [6.07, 6.45) is 8.97. The molecule has 34 heavy (non-hydrogen) atoms. The Morgan fingerprint density at radius 2 is 1.82 bits per heavy atom. The second-order valence-electron chi connectivity index (χ2n) is 9.90. The van der Waals surface area contributed by atoms with E-state index < -0.39 is 0 Å². The predicted octanol–water partition coefficient (Wildman–Crippen LogP) is 6.66. The number of aromatic nitrogens is 1. The van der Waals surface area contributed by atoms with Crippen LogP contribution in [0.4, 0.5) is 5.69 Å². The first kappa shape index (κ1) is 22.1. The van der Waals surface area contributed by atoms with Crippen molar-refractivity contribution in [1.29, 1.82) is 0 Å². The second kappa shape index (κ2) is 10.0. The summed E-state index contributed by atoms with van der Waals surface area (Å²) < 4.78 is 6.23. The first-order chi connectivity index (χ1) is 16.8. The van der Waals surface area contributed by atoms with Crippen LogP contribution in [0.5, 0.6) is 11.5 Å². The molecule has 0 spiro atoms. The number of ether oxygens (including phenoxy) is 1. The largest absolute Gasteiger partial charge is 0.457 e. The van der Waals surface area contributed by atoms with Crippen molar-refractivity contribution in [1.82, 2.24) is 9.88 Å². The van der Waals surface area contributed by atoms with Gasteiger partial charge in [-0.05, 0) is 69.5 Å². The first-order valence-corrected chi connectivity index (χ1v) is 13.9. The maximum Gasteiger partial charge on any atom is 0.130 e. The molecular weight excluding hydrogens is 440 g/mol. The molecule has 0 bridgehead atoms. The number of hydrogen-bond acceptors (Lipinski definition) is 5. The number of fused-ring (bicyclic) bond motifs is 1. The van der Waals surface area contributed by atoms with E-state index in [1.165, 1.54) is 70.0 Å². The van der Waals surface area contributed by atoms with E-state index >= 15 is 0 Å². The van der Waals surface area contributed by atoms with Crippen LogP contribution in [0.15, 0.2) is 53.5 Å². The van der Waals surface area contributed by atoms with Gasteiger partial charge in [0.1, 0.15) is 16.5 Å². The zero-order valence-electron chi connectivity index (χ0n) is 19.8. The lowest BCUT2D eigenvalue weighted by Gasteiger charge is -2.16. The van der Waals surface area contributed by atoms with E-state index in [1.54, 1.807) is 0 Å². The van der Waals surface area contributed by atoms with Gasteiger partial charge in [-0.2, -0.15) is 0 Å². The number of rotatable bonds is 8. The van der Waals surface area contributed by atoms with Gasteiger partial charge in [0, 0.05) is 29.8 Å². The number of hydrogen-bond donors (Lipinski definition) is 2. The van der Waals surface area contributed by atoms with Crippen LogP contribution >= 0.6 is 11.8 Å². The Morgan fingerprint density at radius 1 is 1.00 bits per heavy atom. The molecular formula is C28H34N4OS. The minimum atomic E-state index is 0.431. The summed E-state index contributed by atoms with van der Waals surface area (Å²) in [5.41, 5.74) is 3.43. The lowest BCUT2D eigenvalue weighted by atomic mass is 10.1. The fourth-order valence-corrected chi connectivity index (χ4v) is 6.55. The SMILES string of the molecule is c1ccc(Oc2cc(NC3CCCC3)c3[nH]c(C4=N[C@@H](CCN5CCCC5)CS4)cc3c2)cc1. The molecule has 3 aliphatic rings. The highest BCUT2D eigenvalue weighted by Crippen LogP contribution is 2.36. The fourth-order valence-electron chi connectivity index (χ4n) is 5.47. The van der Waals surface area contributed by atoms with Gasteiger partial charge in [0.25, 0.3) is 0 Å². The van der Waals surface area contributed by atoms with Gasteiger partial charge in [-0.3, -0.25) is 4.99 Å². The fraction of sp³-hybridized carbons (Fsp3) is 0.464. The zero-order valence-corrected chi connectivity index (χ0v) is 20.6. The molecule has 0 radical (unpaired) electrons. The van der Waals surface area contributed by atoms with Crippen LogP contribution in [0.25, 0.3) is 10.9 Å². The lowest BCUT2D eigenvalue weighted by Crippen LogP contribution is -2.23. The van der Waals surface area contributed by atoms with Crippen molar-refractivity contribution in [2.24, 2.45) is 4.99 Å². The molecule has 1 saturated carbocycles. The summed E-state index contributed by atoms with van der Waals surface area (Å²) in [5.74, 6) is 2.82. The van der Waals surface area contributed by atoms with Crippen LogP contribution in [0.3, 0.4) is 0 Å². The summed E-state index contributed by atoms with van der Waals surface area (Å²) in [4.78, 5) is 11.4. The lowest BCUT2D eigenvalue weighted by molar-refractivity contribution is 0.326. The van der Waals surface area contributed by atoms with E-state index in [0.717, 1.165) is 39.2 Å². The molecule has 2 N–H and O–H groups in total. The van der Waals surface area contributed by atoms with Crippen LogP contribution in [-0.4, -0.2) is 52.4 Å². The van der Waals surface area contributed by atoms with Gasteiger partial charge in [0.05, 0.1) is 22.9 Å². The van der Waals surface area contributed by atoms with Gasteiger partial charge < -0.3 is 19.9 Å². The Morgan fingerprint density at radius 3 is 2.65 bits per heavy atom. The molecule has 6 heteroatoms. The molecule has 2 fully saturated rings. The summed E-state index contributed by atoms with van der Waals surface area (Å²) in [7, 11) is 0. The van der Waals surface area contributed by atoms with Crippen molar-refractivity contribution in [2.75, 3.05) is 30.7 Å². The number of benzene rings is 2. The van der Waals surface area contributed by atoms with E-state index in [1.807, 2.05) is 42.1 Å².